The van der Waals surface area contributed by atoms with Gasteiger partial charge in [-0.05, 0) is 0 Å². The molecule has 0 bridgehead atoms. The average Bonchev–Trinajstić information content (AvgIpc) is 2.15. The van der Waals surface area contributed by atoms with Crippen LogP contribution in [0.4, 0.5) is 26.3 Å². The van der Waals surface area contributed by atoms with Crippen molar-refractivity contribution in [2.45, 2.75) is 18.5 Å². The van der Waals surface area contributed by atoms with Crippen molar-refractivity contribution in [2.24, 2.45) is 0 Å². The summed E-state index contributed by atoms with van der Waals surface area (Å²) in [5.41, 5.74) is -4.18. The Morgan fingerprint density at radius 2 is 1.88 bits per heavy atom. The Morgan fingerprint density at radius 1 is 1.31 bits per heavy atom. The number of nitrogens with zero attached hydrogens (tertiary/aromatic N) is 1. The van der Waals surface area contributed by atoms with Crippen molar-refractivity contribution >= 4 is 11.6 Å². The first-order chi connectivity index (χ1) is 7.29. The third-order valence-corrected chi connectivity index (χ3v) is 2.08. The lowest BCUT2D eigenvalue weighted by Crippen LogP contribution is -2.15. The number of hydrogen-bond donors (Lipinski definition) is 0. The molecule has 0 aliphatic rings. The van der Waals surface area contributed by atoms with Gasteiger partial charge in [-0.15, -0.1) is 11.6 Å². The van der Waals surface area contributed by atoms with Gasteiger partial charge in [0.05, 0.1) is 11.4 Å². The predicted octanol–water partition coefficient (Wildman–Crippen LogP) is 3.92. The van der Waals surface area contributed by atoms with E-state index in [0.29, 0.717) is 0 Å². The molecule has 0 radical (unpaired) electrons. The van der Waals surface area contributed by atoms with Crippen LogP contribution < -0.4 is 0 Å². The fraction of sp³-hybridized carbons (Fsp3) is 0.375. The molecule has 1 rings (SSSR count). The van der Waals surface area contributed by atoms with Crippen LogP contribution in [0.3, 0.4) is 0 Å². The van der Waals surface area contributed by atoms with Gasteiger partial charge in [-0.3, -0.25) is 0 Å². The van der Waals surface area contributed by atoms with Gasteiger partial charge in [-0.2, -0.15) is 17.6 Å². The highest BCUT2D eigenvalue weighted by atomic mass is 35.5. The maximum atomic E-state index is 12.9. The van der Waals surface area contributed by atoms with Crippen LogP contribution in [0.15, 0.2) is 6.20 Å². The minimum atomic E-state index is -5.10. The van der Waals surface area contributed by atoms with Crippen LogP contribution in [0, 0.1) is 5.95 Å². The maximum Gasteiger partial charge on any atom is 0.417 e. The molecule has 90 valence electrons. The smallest absolute Gasteiger partial charge is 0.228 e. The van der Waals surface area contributed by atoms with E-state index in [4.69, 9.17) is 11.6 Å². The van der Waals surface area contributed by atoms with Crippen LogP contribution in [-0.4, -0.2) is 4.98 Å². The van der Waals surface area contributed by atoms with E-state index in [1.54, 1.807) is 0 Å². The van der Waals surface area contributed by atoms with Crippen molar-refractivity contribution in [2.75, 3.05) is 0 Å². The standard InChI is InChI=1S/C8H4ClF6N/c9-1-3-5(8(13,14)15)4(6(10)11)2-16-7(3)12/h2,6H,1H2. The lowest BCUT2D eigenvalue weighted by molar-refractivity contribution is -0.140. The molecule has 0 N–H and O–H groups in total. The Morgan fingerprint density at radius 3 is 2.25 bits per heavy atom. The summed E-state index contributed by atoms with van der Waals surface area (Å²) < 4.78 is 74.8. The van der Waals surface area contributed by atoms with Crippen LogP contribution in [-0.2, 0) is 12.1 Å². The first kappa shape index (κ1) is 13.1. The number of aromatic nitrogens is 1. The summed E-state index contributed by atoms with van der Waals surface area (Å²) in [6.07, 6.45) is -8.33. The molecule has 0 fully saturated rings. The molecule has 1 heterocycles. The topological polar surface area (TPSA) is 12.9 Å². The van der Waals surface area contributed by atoms with E-state index >= 15 is 0 Å². The van der Waals surface area contributed by atoms with Crippen LogP contribution in [0.1, 0.15) is 23.1 Å². The van der Waals surface area contributed by atoms with Gasteiger partial charge in [0.2, 0.25) is 5.95 Å². The van der Waals surface area contributed by atoms with Crippen LogP contribution in [0.5, 0.6) is 0 Å². The lowest BCUT2D eigenvalue weighted by Gasteiger charge is -2.15. The van der Waals surface area contributed by atoms with Crippen molar-refractivity contribution in [1.29, 1.82) is 0 Å². The molecule has 1 nitrogen and oxygen atoms in total. The SMILES string of the molecule is Fc1ncc(C(F)F)c(C(F)(F)F)c1CCl. The van der Waals surface area contributed by atoms with Crippen molar-refractivity contribution in [3.05, 3.63) is 28.8 Å². The highest BCUT2D eigenvalue weighted by molar-refractivity contribution is 6.17. The normalized spacial score (nSPS) is 12.2. The minimum absolute atomic E-state index is 0.166. The zero-order valence-corrected chi connectivity index (χ0v) is 8.21. The van der Waals surface area contributed by atoms with Gasteiger partial charge in [0.25, 0.3) is 6.43 Å². The molecule has 0 aromatic carbocycles. The summed E-state index contributed by atoms with van der Waals surface area (Å²) in [6.45, 7) is 0. The first-order valence-corrected chi connectivity index (χ1v) is 4.41. The number of halogens is 7. The Kier molecular flexibility index (Phi) is 3.67. The Bertz CT molecular complexity index is 389. The molecule has 1 aromatic heterocycles. The summed E-state index contributed by atoms with van der Waals surface area (Å²) in [4.78, 5) is 2.81. The molecule has 8 heteroatoms. The largest absolute Gasteiger partial charge is 0.417 e. The van der Waals surface area contributed by atoms with Crippen molar-refractivity contribution in [3.8, 4) is 0 Å². The van der Waals surface area contributed by atoms with Gasteiger partial charge >= 0.3 is 6.18 Å². The molecular weight excluding hydrogens is 260 g/mol. The van der Waals surface area contributed by atoms with Gasteiger partial charge < -0.3 is 0 Å². The van der Waals surface area contributed by atoms with Gasteiger partial charge in [0.15, 0.2) is 0 Å². The second kappa shape index (κ2) is 4.48. The van der Waals surface area contributed by atoms with Gasteiger partial charge in [-0.25, -0.2) is 13.8 Å². The molecule has 1 aromatic rings. The highest BCUT2D eigenvalue weighted by Gasteiger charge is 2.39. The Labute approximate surface area is 91.0 Å². The molecule has 0 saturated carbocycles. The first-order valence-electron chi connectivity index (χ1n) is 3.87. The summed E-state index contributed by atoms with van der Waals surface area (Å²) in [6, 6.07) is 0. The molecule has 0 unspecified atom stereocenters. The minimum Gasteiger partial charge on any atom is -0.228 e. The van der Waals surface area contributed by atoms with E-state index in [0.717, 1.165) is 0 Å². The monoisotopic (exact) mass is 263 g/mol. The van der Waals surface area contributed by atoms with Gasteiger partial charge in [0, 0.05) is 17.3 Å². The summed E-state index contributed by atoms with van der Waals surface area (Å²) >= 11 is 5.10. The van der Waals surface area contributed by atoms with E-state index in [9.17, 15) is 26.3 Å². The number of pyridine rings is 1. The number of alkyl halides is 6. The fourth-order valence-corrected chi connectivity index (χ4v) is 1.41. The van der Waals surface area contributed by atoms with Gasteiger partial charge in [-0.1, -0.05) is 0 Å². The molecule has 16 heavy (non-hydrogen) atoms. The second-order valence-corrected chi connectivity index (χ2v) is 3.06. The maximum absolute atomic E-state index is 12.9. The fourth-order valence-electron chi connectivity index (χ4n) is 1.17. The molecule has 0 aliphatic heterocycles. The van der Waals surface area contributed by atoms with E-state index in [1.165, 1.54) is 0 Å². The zero-order chi connectivity index (χ0) is 12.5. The number of hydrogen-bond acceptors (Lipinski definition) is 1. The molecule has 0 aliphatic carbocycles. The van der Waals surface area contributed by atoms with E-state index in [1.807, 2.05) is 0 Å². The molecular formula is C8H4ClF6N. The highest BCUT2D eigenvalue weighted by Crippen LogP contribution is 2.39. The third-order valence-electron chi connectivity index (χ3n) is 1.81. The predicted molar refractivity (Wildman–Crippen MR) is 43.7 cm³/mol. The molecule has 0 spiro atoms. The Balaban J connectivity index is 3.54. The summed E-state index contributed by atoms with van der Waals surface area (Å²) in [5, 5.41) is 0. The third kappa shape index (κ3) is 2.40. The van der Waals surface area contributed by atoms with E-state index < -0.39 is 41.1 Å². The van der Waals surface area contributed by atoms with E-state index in [-0.39, 0.29) is 6.20 Å². The van der Waals surface area contributed by atoms with Crippen molar-refractivity contribution < 1.29 is 26.3 Å². The number of rotatable bonds is 2. The van der Waals surface area contributed by atoms with Crippen LogP contribution in [0.25, 0.3) is 0 Å². The van der Waals surface area contributed by atoms with Crippen molar-refractivity contribution in [1.82, 2.24) is 4.98 Å². The van der Waals surface area contributed by atoms with Crippen LogP contribution >= 0.6 is 11.6 Å². The summed E-state index contributed by atoms with van der Waals surface area (Å²) in [7, 11) is 0. The zero-order valence-electron chi connectivity index (χ0n) is 7.45. The van der Waals surface area contributed by atoms with Gasteiger partial charge in [0.1, 0.15) is 0 Å². The molecule has 0 amide bonds. The van der Waals surface area contributed by atoms with E-state index in [2.05, 4.69) is 4.98 Å². The molecule has 0 saturated heterocycles. The second-order valence-electron chi connectivity index (χ2n) is 2.79. The van der Waals surface area contributed by atoms with Crippen LogP contribution in [0.2, 0.25) is 0 Å². The molecule has 0 atom stereocenters. The average molecular weight is 264 g/mol. The lowest BCUT2D eigenvalue weighted by atomic mass is 10.1. The quantitative estimate of drug-likeness (QED) is 0.448. The Hall–Kier alpha value is -0.980. The van der Waals surface area contributed by atoms with Crippen molar-refractivity contribution in [3.63, 3.8) is 0 Å². The summed E-state index contributed by atoms with van der Waals surface area (Å²) in [5.74, 6) is -2.37.